The fraction of sp³-hybridized carbons (Fsp3) is 0.357. The second kappa shape index (κ2) is 5.26. The van der Waals surface area contributed by atoms with Crippen LogP contribution < -0.4 is 5.32 Å². The van der Waals surface area contributed by atoms with Crippen LogP contribution in [0.4, 0.5) is 8.78 Å². The molecule has 2 heterocycles. The van der Waals surface area contributed by atoms with Crippen LogP contribution in [0, 0.1) is 17.2 Å². The number of halogens is 2. The summed E-state index contributed by atoms with van der Waals surface area (Å²) < 4.78 is 25.4. The molecule has 0 radical (unpaired) electrons. The number of nitriles is 1. The monoisotopic (exact) mass is 304 g/mol. The van der Waals surface area contributed by atoms with Gasteiger partial charge >= 0.3 is 0 Å². The van der Waals surface area contributed by atoms with Crippen molar-refractivity contribution in [1.82, 2.24) is 15.5 Å². The molecule has 1 unspecified atom stereocenters. The molecule has 1 aromatic heterocycles. The molecule has 0 saturated heterocycles. The van der Waals surface area contributed by atoms with Crippen molar-refractivity contribution >= 4 is 17.3 Å². The van der Waals surface area contributed by atoms with Gasteiger partial charge in [-0.15, -0.1) is 10.2 Å². The molecule has 1 N–H and O–H groups in total. The highest BCUT2D eigenvalue weighted by Crippen LogP contribution is 2.51. The van der Waals surface area contributed by atoms with Crippen molar-refractivity contribution in [2.45, 2.75) is 25.2 Å². The number of nitrogens with zero attached hydrogens (tertiary/aromatic N) is 3. The van der Waals surface area contributed by atoms with Crippen LogP contribution in [0.5, 0.6) is 0 Å². The van der Waals surface area contributed by atoms with E-state index in [4.69, 9.17) is 5.26 Å². The van der Waals surface area contributed by atoms with Crippen molar-refractivity contribution in [2.24, 2.45) is 5.92 Å². The Morgan fingerprint density at radius 2 is 2.14 bits per heavy atom. The summed E-state index contributed by atoms with van der Waals surface area (Å²) >= 11 is 0. The van der Waals surface area contributed by atoms with Crippen LogP contribution in [-0.4, -0.2) is 28.3 Å². The molecule has 2 aliphatic rings. The maximum absolute atomic E-state index is 12.7. The molecule has 3 rings (SSSR count). The number of allylic oxidation sites excluding steroid dienone is 1. The van der Waals surface area contributed by atoms with Crippen molar-refractivity contribution in [3.8, 4) is 6.07 Å². The van der Waals surface area contributed by atoms with Crippen LogP contribution in [0.3, 0.4) is 0 Å². The first-order valence-electron chi connectivity index (χ1n) is 6.60. The van der Waals surface area contributed by atoms with Crippen LogP contribution in [-0.2, 0) is 9.59 Å². The van der Waals surface area contributed by atoms with Gasteiger partial charge in [-0.1, -0.05) is 0 Å². The number of carbonyl (C=O) groups excluding carboxylic acids is 2. The third-order valence-electron chi connectivity index (χ3n) is 3.77. The fourth-order valence-corrected chi connectivity index (χ4v) is 2.50. The molecule has 22 heavy (non-hydrogen) atoms. The van der Waals surface area contributed by atoms with E-state index in [1.807, 2.05) is 6.07 Å². The van der Waals surface area contributed by atoms with E-state index < -0.39 is 30.0 Å². The van der Waals surface area contributed by atoms with Gasteiger partial charge in [-0.3, -0.25) is 9.59 Å². The van der Waals surface area contributed by atoms with E-state index in [0.717, 1.165) is 0 Å². The number of hydrogen-bond acceptors (Lipinski definition) is 5. The van der Waals surface area contributed by atoms with Crippen LogP contribution >= 0.6 is 0 Å². The molecular weight excluding hydrogens is 294 g/mol. The average molecular weight is 304 g/mol. The molecule has 1 aliphatic heterocycles. The summed E-state index contributed by atoms with van der Waals surface area (Å²) in [6, 6.07) is 3.28. The van der Waals surface area contributed by atoms with Gasteiger partial charge < -0.3 is 5.32 Å². The quantitative estimate of drug-likeness (QED) is 0.845. The van der Waals surface area contributed by atoms with Gasteiger partial charge in [-0.25, -0.2) is 8.78 Å². The van der Waals surface area contributed by atoms with Crippen molar-refractivity contribution in [3.05, 3.63) is 29.2 Å². The van der Waals surface area contributed by atoms with E-state index in [1.165, 1.54) is 12.3 Å². The lowest BCUT2D eigenvalue weighted by Gasteiger charge is -2.12. The van der Waals surface area contributed by atoms with E-state index in [2.05, 4.69) is 15.5 Å². The Balaban J connectivity index is 1.97. The van der Waals surface area contributed by atoms with Gasteiger partial charge in [0.1, 0.15) is 6.07 Å². The highest BCUT2D eigenvalue weighted by atomic mass is 19.3. The van der Waals surface area contributed by atoms with Gasteiger partial charge in [0.25, 0.3) is 0 Å². The molecule has 1 aliphatic carbocycles. The van der Waals surface area contributed by atoms with E-state index >= 15 is 0 Å². The molecule has 1 amide bonds. The van der Waals surface area contributed by atoms with Crippen LogP contribution in [0.1, 0.15) is 35.7 Å². The number of rotatable bonds is 3. The minimum absolute atomic E-state index is 0.00945. The third kappa shape index (κ3) is 2.45. The Morgan fingerprint density at radius 1 is 1.36 bits per heavy atom. The molecule has 1 aromatic rings. The number of amides is 1. The van der Waals surface area contributed by atoms with Crippen molar-refractivity contribution in [2.75, 3.05) is 0 Å². The zero-order valence-electron chi connectivity index (χ0n) is 11.2. The number of ketones is 1. The SMILES string of the molecule is N#Cc1nnc(C2=CNC(=O)CC2=O)cc1[C@H]1CC1C(F)F. The molecule has 0 aromatic carbocycles. The predicted molar refractivity (Wildman–Crippen MR) is 69.3 cm³/mol. The molecule has 8 heteroatoms. The maximum Gasteiger partial charge on any atom is 0.242 e. The summed E-state index contributed by atoms with van der Waals surface area (Å²) in [4.78, 5) is 23.0. The number of hydrogen-bond donors (Lipinski definition) is 1. The predicted octanol–water partition coefficient (Wildman–Crippen LogP) is 1.15. The summed E-state index contributed by atoms with van der Waals surface area (Å²) in [5, 5.41) is 18.9. The Hall–Kier alpha value is -2.69. The summed E-state index contributed by atoms with van der Waals surface area (Å²) in [5.41, 5.74) is 0.708. The van der Waals surface area contributed by atoms with Gasteiger partial charge in [0, 0.05) is 12.1 Å². The molecule has 1 saturated carbocycles. The Morgan fingerprint density at radius 3 is 2.73 bits per heavy atom. The smallest absolute Gasteiger partial charge is 0.242 e. The Kier molecular flexibility index (Phi) is 3.41. The van der Waals surface area contributed by atoms with Crippen molar-refractivity contribution in [1.29, 1.82) is 5.26 Å². The normalized spacial score (nSPS) is 23.8. The topological polar surface area (TPSA) is 95.7 Å². The zero-order valence-corrected chi connectivity index (χ0v) is 11.2. The lowest BCUT2D eigenvalue weighted by atomic mass is 10.00. The first-order chi connectivity index (χ1) is 10.5. The highest BCUT2D eigenvalue weighted by molar-refractivity contribution is 6.27. The first-order valence-corrected chi connectivity index (χ1v) is 6.60. The standard InChI is InChI=1S/C14H10F2N4O2/c15-14(16)8-1-6(8)7-2-10(19-20-11(7)4-17)9-5-18-13(22)3-12(9)21/h2,5-6,8,14H,1,3H2,(H,18,22)/t6-,8?/m1/s1. The van der Waals surface area contributed by atoms with Gasteiger partial charge in [0.2, 0.25) is 12.3 Å². The molecule has 0 spiro atoms. The Bertz CT molecular complexity index is 739. The van der Waals surface area contributed by atoms with E-state index in [9.17, 15) is 18.4 Å². The fourth-order valence-electron chi connectivity index (χ4n) is 2.50. The van der Waals surface area contributed by atoms with E-state index in [0.29, 0.717) is 5.56 Å². The largest absolute Gasteiger partial charge is 0.331 e. The second-order valence-corrected chi connectivity index (χ2v) is 5.21. The molecular formula is C14H10F2N4O2. The summed E-state index contributed by atoms with van der Waals surface area (Å²) in [7, 11) is 0. The summed E-state index contributed by atoms with van der Waals surface area (Å²) in [6.45, 7) is 0. The second-order valence-electron chi connectivity index (χ2n) is 5.21. The van der Waals surface area contributed by atoms with Crippen molar-refractivity contribution in [3.63, 3.8) is 0 Å². The molecule has 1 fully saturated rings. The highest BCUT2D eigenvalue weighted by Gasteiger charge is 2.46. The minimum atomic E-state index is -2.46. The lowest BCUT2D eigenvalue weighted by Crippen LogP contribution is -2.27. The van der Waals surface area contributed by atoms with E-state index in [-0.39, 0.29) is 29.8 Å². The maximum atomic E-state index is 12.7. The minimum Gasteiger partial charge on any atom is -0.331 e. The van der Waals surface area contributed by atoms with Crippen LogP contribution in [0.2, 0.25) is 0 Å². The average Bonchev–Trinajstić information content (AvgIpc) is 3.27. The first kappa shape index (κ1) is 14.3. The summed E-state index contributed by atoms with van der Waals surface area (Å²) in [5.74, 6) is -2.08. The number of alkyl halides is 2. The van der Waals surface area contributed by atoms with E-state index in [1.54, 1.807) is 0 Å². The third-order valence-corrected chi connectivity index (χ3v) is 3.77. The Labute approximate surface area is 123 Å². The van der Waals surface area contributed by atoms with Crippen molar-refractivity contribution < 1.29 is 18.4 Å². The van der Waals surface area contributed by atoms with Gasteiger partial charge in [0.05, 0.1) is 17.7 Å². The number of carbonyl (C=O) groups is 2. The zero-order chi connectivity index (χ0) is 15.9. The molecule has 2 atom stereocenters. The molecule has 6 nitrogen and oxygen atoms in total. The molecule has 112 valence electrons. The van der Waals surface area contributed by atoms with Gasteiger partial charge in [-0.2, -0.15) is 5.26 Å². The van der Waals surface area contributed by atoms with Crippen LogP contribution in [0.15, 0.2) is 12.3 Å². The lowest BCUT2D eigenvalue weighted by molar-refractivity contribution is -0.125. The number of nitrogens with one attached hydrogen (secondary N) is 1. The number of Topliss-reactive ketones (excluding diaryl/α,β-unsaturated/α-hetero) is 1. The van der Waals surface area contributed by atoms with Gasteiger partial charge in [0.15, 0.2) is 11.5 Å². The number of aromatic nitrogens is 2. The summed E-state index contributed by atoms with van der Waals surface area (Å²) in [6.07, 6.45) is -1.25. The van der Waals surface area contributed by atoms with Crippen LogP contribution in [0.25, 0.3) is 5.57 Å². The molecule has 0 bridgehead atoms. The van der Waals surface area contributed by atoms with Gasteiger partial charge in [-0.05, 0) is 24.0 Å².